The number of rotatable bonds is 8. The minimum absolute atomic E-state index is 0.0221. The van der Waals surface area contributed by atoms with Crippen molar-refractivity contribution in [3.8, 4) is 0 Å². The van der Waals surface area contributed by atoms with Crippen LogP contribution in [0.15, 0.2) is 77.7 Å². The smallest absolute Gasteiger partial charge is 0.251 e. The van der Waals surface area contributed by atoms with E-state index in [1.807, 2.05) is 43.3 Å². The molecular formula is C26H29N3O4S. The third-order valence-electron chi connectivity index (χ3n) is 5.63. The summed E-state index contributed by atoms with van der Waals surface area (Å²) in [7, 11) is -0.740. The molecule has 2 N–H and O–H groups in total. The van der Waals surface area contributed by atoms with Crippen LogP contribution in [0.2, 0.25) is 0 Å². The van der Waals surface area contributed by atoms with Crippen molar-refractivity contribution < 1.29 is 18.0 Å². The average Bonchev–Trinajstić information content (AvgIpc) is 2.82. The molecule has 3 aromatic carbocycles. The molecule has 8 heteroatoms. The van der Waals surface area contributed by atoms with Gasteiger partial charge in [-0.15, -0.1) is 0 Å². The third kappa shape index (κ3) is 5.89. The van der Waals surface area contributed by atoms with Gasteiger partial charge in [0.2, 0.25) is 15.9 Å². The summed E-state index contributed by atoms with van der Waals surface area (Å²) in [5, 5.41) is 5.78. The highest BCUT2D eigenvalue weighted by atomic mass is 32.2. The molecule has 0 bridgehead atoms. The summed E-state index contributed by atoms with van der Waals surface area (Å²) >= 11 is 0. The summed E-state index contributed by atoms with van der Waals surface area (Å²) in [5.41, 5.74) is 3.23. The van der Waals surface area contributed by atoms with Crippen molar-refractivity contribution in [3.63, 3.8) is 0 Å². The van der Waals surface area contributed by atoms with Crippen molar-refractivity contribution in [2.24, 2.45) is 0 Å². The van der Waals surface area contributed by atoms with Crippen LogP contribution in [0.1, 0.15) is 39.5 Å². The lowest BCUT2D eigenvalue weighted by Gasteiger charge is -2.20. The van der Waals surface area contributed by atoms with Gasteiger partial charge in [0.15, 0.2) is 0 Å². The molecule has 0 saturated carbocycles. The molecule has 0 radical (unpaired) electrons. The molecule has 0 spiro atoms. The molecule has 1 atom stereocenters. The minimum Gasteiger partial charge on any atom is -0.345 e. The van der Waals surface area contributed by atoms with E-state index in [4.69, 9.17) is 0 Å². The Morgan fingerprint density at radius 3 is 2.09 bits per heavy atom. The predicted octanol–water partition coefficient (Wildman–Crippen LogP) is 4.05. The Morgan fingerprint density at radius 2 is 1.50 bits per heavy atom. The SMILES string of the molecule is Cc1cc(S(=O)(=O)N(C)C)cc(NC(=O)CC(NC(=O)c2ccccc2)c2ccccc2)c1C. The van der Waals surface area contributed by atoms with E-state index in [1.165, 1.54) is 20.2 Å². The number of nitrogens with one attached hydrogen (secondary N) is 2. The van der Waals surface area contributed by atoms with Crippen LogP contribution < -0.4 is 10.6 Å². The molecule has 0 aliphatic heterocycles. The number of sulfonamides is 1. The minimum atomic E-state index is -3.66. The van der Waals surface area contributed by atoms with Crippen molar-refractivity contribution in [1.82, 2.24) is 9.62 Å². The first-order valence-electron chi connectivity index (χ1n) is 10.8. The normalized spacial score (nSPS) is 12.3. The Labute approximate surface area is 200 Å². The first kappa shape index (κ1) is 25.1. The van der Waals surface area contributed by atoms with Crippen LogP contribution in [0.5, 0.6) is 0 Å². The van der Waals surface area contributed by atoms with Crippen LogP contribution in [0, 0.1) is 13.8 Å². The monoisotopic (exact) mass is 479 g/mol. The van der Waals surface area contributed by atoms with E-state index in [1.54, 1.807) is 37.3 Å². The molecule has 34 heavy (non-hydrogen) atoms. The average molecular weight is 480 g/mol. The molecule has 3 aromatic rings. The van der Waals surface area contributed by atoms with E-state index in [0.717, 1.165) is 21.0 Å². The van der Waals surface area contributed by atoms with Gasteiger partial charge in [-0.1, -0.05) is 48.5 Å². The second kappa shape index (κ2) is 10.6. The lowest BCUT2D eigenvalue weighted by molar-refractivity contribution is -0.116. The molecule has 178 valence electrons. The maximum absolute atomic E-state index is 13.1. The van der Waals surface area contributed by atoms with Crippen LogP contribution in [0.3, 0.4) is 0 Å². The number of nitrogens with zero attached hydrogens (tertiary/aromatic N) is 1. The van der Waals surface area contributed by atoms with Gasteiger partial charge in [-0.2, -0.15) is 0 Å². The molecule has 0 aliphatic carbocycles. The topological polar surface area (TPSA) is 95.6 Å². The molecular weight excluding hydrogens is 450 g/mol. The van der Waals surface area contributed by atoms with Crippen molar-refractivity contribution in [1.29, 1.82) is 0 Å². The summed E-state index contributed by atoms with van der Waals surface area (Å²) in [6.07, 6.45) is -0.0221. The van der Waals surface area contributed by atoms with E-state index >= 15 is 0 Å². The summed E-state index contributed by atoms with van der Waals surface area (Å²) in [6, 6.07) is 20.5. The van der Waals surface area contributed by atoms with Crippen molar-refractivity contribution in [2.75, 3.05) is 19.4 Å². The Hall–Kier alpha value is -3.49. The Bertz CT molecular complexity index is 1270. The quantitative estimate of drug-likeness (QED) is 0.509. The van der Waals surface area contributed by atoms with Gasteiger partial charge >= 0.3 is 0 Å². The van der Waals surface area contributed by atoms with Gasteiger partial charge in [-0.05, 0) is 54.8 Å². The number of aryl methyl sites for hydroxylation is 1. The molecule has 0 heterocycles. The van der Waals surface area contributed by atoms with Gasteiger partial charge in [0, 0.05) is 25.3 Å². The second-order valence-corrected chi connectivity index (χ2v) is 10.4. The van der Waals surface area contributed by atoms with Gasteiger partial charge in [-0.25, -0.2) is 12.7 Å². The molecule has 0 aliphatic rings. The first-order valence-corrected chi connectivity index (χ1v) is 12.3. The standard InChI is InChI=1S/C26H29N3O4S/c1-18-15-22(34(32,33)29(3)4)16-23(19(18)2)27-25(30)17-24(20-11-7-5-8-12-20)28-26(31)21-13-9-6-10-14-21/h5-16,24H,17H2,1-4H3,(H,27,30)(H,28,31). The van der Waals surface area contributed by atoms with Crippen LogP contribution in [-0.2, 0) is 14.8 Å². The Balaban J connectivity index is 1.85. The lowest BCUT2D eigenvalue weighted by Crippen LogP contribution is -2.31. The van der Waals surface area contributed by atoms with Crippen LogP contribution in [0.25, 0.3) is 0 Å². The third-order valence-corrected chi connectivity index (χ3v) is 7.42. The van der Waals surface area contributed by atoms with Crippen molar-refractivity contribution in [3.05, 3.63) is 95.1 Å². The van der Waals surface area contributed by atoms with Gasteiger partial charge in [0.1, 0.15) is 0 Å². The molecule has 3 rings (SSSR count). The molecule has 2 amide bonds. The maximum Gasteiger partial charge on any atom is 0.251 e. The van der Waals surface area contributed by atoms with E-state index in [2.05, 4.69) is 10.6 Å². The van der Waals surface area contributed by atoms with Crippen LogP contribution in [0.4, 0.5) is 5.69 Å². The maximum atomic E-state index is 13.1. The highest BCUT2D eigenvalue weighted by Gasteiger charge is 2.22. The fraction of sp³-hybridized carbons (Fsp3) is 0.231. The van der Waals surface area contributed by atoms with E-state index in [0.29, 0.717) is 11.3 Å². The van der Waals surface area contributed by atoms with Crippen molar-refractivity contribution >= 4 is 27.5 Å². The van der Waals surface area contributed by atoms with E-state index in [9.17, 15) is 18.0 Å². The number of amides is 2. The number of benzene rings is 3. The second-order valence-electron chi connectivity index (χ2n) is 8.26. The zero-order valence-electron chi connectivity index (χ0n) is 19.7. The zero-order chi connectivity index (χ0) is 24.9. The number of anilines is 1. The molecule has 0 saturated heterocycles. The highest BCUT2D eigenvalue weighted by Crippen LogP contribution is 2.26. The fourth-order valence-corrected chi connectivity index (χ4v) is 4.49. The molecule has 1 unspecified atom stereocenters. The number of hydrogen-bond donors (Lipinski definition) is 2. The van der Waals surface area contributed by atoms with E-state index in [-0.39, 0.29) is 23.1 Å². The Morgan fingerprint density at radius 1 is 0.912 bits per heavy atom. The number of hydrogen-bond acceptors (Lipinski definition) is 4. The number of carbonyl (C=O) groups is 2. The summed E-state index contributed by atoms with van der Waals surface area (Å²) < 4.78 is 26.4. The van der Waals surface area contributed by atoms with E-state index < -0.39 is 16.1 Å². The van der Waals surface area contributed by atoms with Crippen molar-refractivity contribution in [2.45, 2.75) is 31.2 Å². The summed E-state index contributed by atoms with van der Waals surface area (Å²) in [5.74, 6) is -0.627. The van der Waals surface area contributed by atoms with Gasteiger partial charge in [-0.3, -0.25) is 9.59 Å². The molecule has 0 aromatic heterocycles. The fourth-order valence-electron chi connectivity index (χ4n) is 3.47. The zero-order valence-corrected chi connectivity index (χ0v) is 20.5. The Kier molecular flexibility index (Phi) is 7.86. The summed E-state index contributed by atoms with van der Waals surface area (Å²) in [6.45, 7) is 3.62. The lowest BCUT2D eigenvalue weighted by atomic mass is 10.0. The van der Waals surface area contributed by atoms with Gasteiger partial charge in [0.05, 0.1) is 17.4 Å². The molecule has 0 fully saturated rings. The summed E-state index contributed by atoms with van der Waals surface area (Å²) in [4.78, 5) is 25.9. The van der Waals surface area contributed by atoms with Crippen LogP contribution in [-0.4, -0.2) is 38.6 Å². The first-order chi connectivity index (χ1) is 16.1. The van der Waals surface area contributed by atoms with Gasteiger partial charge in [0.25, 0.3) is 5.91 Å². The van der Waals surface area contributed by atoms with Gasteiger partial charge < -0.3 is 10.6 Å². The largest absolute Gasteiger partial charge is 0.345 e. The molecule has 7 nitrogen and oxygen atoms in total. The van der Waals surface area contributed by atoms with Crippen LogP contribution >= 0.6 is 0 Å². The predicted molar refractivity (Wildman–Crippen MR) is 133 cm³/mol. The number of carbonyl (C=O) groups excluding carboxylic acids is 2. The highest BCUT2D eigenvalue weighted by molar-refractivity contribution is 7.89.